The van der Waals surface area contributed by atoms with Crippen LogP contribution in [0.1, 0.15) is 25.7 Å². The molecule has 13 heavy (non-hydrogen) atoms. The third-order valence-electron chi connectivity index (χ3n) is 2.45. The van der Waals surface area contributed by atoms with Crippen molar-refractivity contribution in [2.45, 2.75) is 25.7 Å². The molecule has 1 aliphatic heterocycles. The molecule has 0 amide bonds. The quantitative estimate of drug-likeness (QED) is 0.686. The fraction of sp³-hybridized carbons (Fsp3) is 0.750. The molecule has 3 nitrogen and oxygen atoms in total. The fourth-order valence-corrected chi connectivity index (χ4v) is 5.95. The Labute approximate surface area is 83.2 Å². The minimum absolute atomic E-state index is 1.08. The molecule has 5 heteroatoms. The molecular formula is C8H15N2OPS. The van der Waals surface area contributed by atoms with Crippen LogP contribution in [-0.2, 0) is 4.57 Å². The topological polar surface area (TPSA) is 32.3 Å². The summed E-state index contributed by atoms with van der Waals surface area (Å²) in [5.74, 6) is 0. The van der Waals surface area contributed by atoms with Gasteiger partial charge in [-0.2, -0.15) is 0 Å². The van der Waals surface area contributed by atoms with Crippen molar-refractivity contribution in [1.82, 2.24) is 9.76 Å². The molecule has 0 bridgehead atoms. The van der Waals surface area contributed by atoms with E-state index in [1.807, 2.05) is 18.8 Å². The van der Waals surface area contributed by atoms with Gasteiger partial charge in [0.05, 0.1) is 0 Å². The largest absolute Gasteiger partial charge is 0.319 e. The van der Waals surface area contributed by atoms with Crippen LogP contribution in [-0.4, -0.2) is 18.8 Å². The predicted molar refractivity (Wildman–Crippen MR) is 57.5 cm³/mol. The summed E-state index contributed by atoms with van der Waals surface area (Å²) in [6.45, 7) is -2.32. The van der Waals surface area contributed by atoms with Crippen LogP contribution in [0.25, 0.3) is 0 Å². The molecule has 0 radical (unpaired) electrons. The average molecular weight is 218 g/mol. The van der Waals surface area contributed by atoms with E-state index >= 15 is 0 Å². The van der Waals surface area contributed by atoms with Crippen LogP contribution in [0, 0.1) is 0 Å². The summed E-state index contributed by atoms with van der Waals surface area (Å²) in [4.78, 5) is 1.34. The smallest absolute Gasteiger partial charge is 0.296 e. The van der Waals surface area contributed by atoms with E-state index in [4.69, 9.17) is 0 Å². The number of nitrogens with zero attached hydrogens (tertiary/aromatic N) is 1. The van der Waals surface area contributed by atoms with Crippen LogP contribution in [0.15, 0.2) is 10.6 Å². The highest BCUT2D eigenvalue weighted by Crippen LogP contribution is 2.66. The molecule has 0 aromatic carbocycles. The molecule has 2 aliphatic rings. The van der Waals surface area contributed by atoms with Crippen LogP contribution in [0.4, 0.5) is 0 Å². The lowest BCUT2D eigenvalue weighted by Crippen LogP contribution is -2.15. The summed E-state index contributed by atoms with van der Waals surface area (Å²) in [6, 6.07) is 0. The van der Waals surface area contributed by atoms with E-state index in [0.717, 1.165) is 12.8 Å². The number of hydrogen-bond donors (Lipinski definition) is 1. The van der Waals surface area contributed by atoms with Gasteiger partial charge < -0.3 is 5.09 Å². The SMILES string of the molecule is CN(C)P1(=O)NC2=C(CCCC2)S1. The molecule has 1 N–H and O–H groups in total. The molecule has 0 fully saturated rings. The zero-order valence-electron chi connectivity index (χ0n) is 8.04. The van der Waals surface area contributed by atoms with E-state index in [1.165, 1.54) is 23.4 Å². The molecule has 0 saturated heterocycles. The van der Waals surface area contributed by atoms with Crippen molar-refractivity contribution in [3.63, 3.8) is 0 Å². The van der Waals surface area contributed by atoms with Crippen LogP contribution < -0.4 is 5.09 Å². The Morgan fingerprint density at radius 3 is 2.69 bits per heavy atom. The summed E-state index contributed by atoms with van der Waals surface area (Å²) in [5, 5.41) is 3.19. The molecule has 1 unspecified atom stereocenters. The van der Waals surface area contributed by atoms with Gasteiger partial charge in [-0.1, -0.05) is 0 Å². The first kappa shape index (κ1) is 9.63. The molecule has 0 saturated carbocycles. The van der Waals surface area contributed by atoms with E-state index in [2.05, 4.69) is 5.09 Å². The monoisotopic (exact) mass is 218 g/mol. The van der Waals surface area contributed by atoms with Crippen LogP contribution in [0.3, 0.4) is 0 Å². The third kappa shape index (κ3) is 1.67. The standard InChI is InChI=1S/C8H15N2OPS/c1-10(2)12(11)9-7-5-3-4-6-8(7)13-12/h3-6H2,1-2H3,(H,9,11). The minimum atomic E-state index is -2.32. The molecule has 1 atom stereocenters. The summed E-state index contributed by atoms with van der Waals surface area (Å²) in [5.41, 5.74) is 1.24. The van der Waals surface area contributed by atoms with E-state index < -0.39 is 6.65 Å². The molecule has 0 spiro atoms. The van der Waals surface area contributed by atoms with Crippen LogP contribution in [0.5, 0.6) is 0 Å². The number of rotatable bonds is 1. The van der Waals surface area contributed by atoms with Crippen molar-refractivity contribution >= 4 is 18.0 Å². The van der Waals surface area contributed by atoms with Crippen molar-refractivity contribution in [2.24, 2.45) is 0 Å². The van der Waals surface area contributed by atoms with Gasteiger partial charge in [-0.05, 0) is 51.2 Å². The highest BCUT2D eigenvalue weighted by atomic mass is 32.7. The summed E-state index contributed by atoms with van der Waals surface area (Å²) in [6.07, 6.45) is 4.69. The molecule has 0 aromatic heterocycles. The summed E-state index contributed by atoms with van der Waals surface area (Å²) in [7, 11) is 3.75. The zero-order chi connectivity index (χ0) is 9.47. The zero-order valence-corrected chi connectivity index (χ0v) is 9.75. The minimum Gasteiger partial charge on any atom is -0.319 e. The van der Waals surface area contributed by atoms with Gasteiger partial charge >= 0.3 is 0 Å². The Morgan fingerprint density at radius 2 is 2.08 bits per heavy atom. The Morgan fingerprint density at radius 1 is 1.38 bits per heavy atom. The normalized spacial score (nSPS) is 33.5. The molecule has 74 valence electrons. The fourth-order valence-electron chi connectivity index (χ4n) is 1.62. The van der Waals surface area contributed by atoms with Gasteiger partial charge in [0.15, 0.2) is 0 Å². The first-order valence-corrected chi connectivity index (χ1v) is 7.68. The van der Waals surface area contributed by atoms with Crippen molar-refractivity contribution in [3.05, 3.63) is 10.6 Å². The van der Waals surface area contributed by atoms with Gasteiger partial charge in [-0.15, -0.1) is 0 Å². The lowest BCUT2D eigenvalue weighted by Gasteiger charge is -2.19. The predicted octanol–water partition coefficient (Wildman–Crippen LogP) is 2.78. The first-order valence-electron chi connectivity index (χ1n) is 4.59. The molecule has 0 aromatic rings. The Bertz CT molecular complexity index is 279. The van der Waals surface area contributed by atoms with Crippen molar-refractivity contribution in [1.29, 1.82) is 0 Å². The Balaban J connectivity index is 2.18. The number of hydrogen-bond acceptors (Lipinski definition) is 2. The van der Waals surface area contributed by atoms with Gasteiger partial charge in [0.25, 0.3) is 6.65 Å². The second kappa shape index (κ2) is 3.34. The lowest BCUT2D eigenvalue weighted by molar-refractivity contribution is 0.521. The van der Waals surface area contributed by atoms with E-state index in [-0.39, 0.29) is 0 Å². The number of allylic oxidation sites excluding steroid dienone is 2. The maximum absolute atomic E-state index is 12.2. The van der Waals surface area contributed by atoms with Crippen molar-refractivity contribution in [3.8, 4) is 0 Å². The molecule has 1 heterocycles. The summed E-state index contributed by atoms with van der Waals surface area (Å²) < 4.78 is 14.0. The van der Waals surface area contributed by atoms with E-state index in [9.17, 15) is 4.57 Å². The van der Waals surface area contributed by atoms with Gasteiger partial charge in [-0.25, -0.2) is 4.67 Å². The first-order chi connectivity index (χ1) is 6.12. The maximum Gasteiger partial charge on any atom is 0.296 e. The third-order valence-corrected chi connectivity index (χ3v) is 7.64. The van der Waals surface area contributed by atoms with E-state index in [1.54, 1.807) is 11.4 Å². The van der Waals surface area contributed by atoms with Crippen molar-refractivity contribution in [2.75, 3.05) is 14.1 Å². The van der Waals surface area contributed by atoms with Crippen molar-refractivity contribution < 1.29 is 4.57 Å². The Hall–Kier alpha value is 0.0800. The van der Waals surface area contributed by atoms with Crippen LogP contribution >= 0.6 is 18.0 Å². The highest BCUT2D eigenvalue weighted by molar-refractivity contribution is 8.59. The van der Waals surface area contributed by atoms with Gasteiger partial charge in [-0.3, -0.25) is 4.57 Å². The second-order valence-electron chi connectivity index (χ2n) is 3.68. The Kier molecular flexibility index (Phi) is 2.47. The second-order valence-corrected chi connectivity index (χ2v) is 8.45. The summed E-state index contributed by atoms with van der Waals surface area (Å²) >= 11 is 1.55. The van der Waals surface area contributed by atoms with Crippen LogP contribution in [0.2, 0.25) is 0 Å². The van der Waals surface area contributed by atoms with Gasteiger partial charge in [0, 0.05) is 10.6 Å². The van der Waals surface area contributed by atoms with E-state index in [0.29, 0.717) is 0 Å². The highest BCUT2D eigenvalue weighted by Gasteiger charge is 2.36. The lowest BCUT2D eigenvalue weighted by atomic mass is 10.1. The number of nitrogens with one attached hydrogen (secondary N) is 1. The van der Waals surface area contributed by atoms with Gasteiger partial charge in [0.1, 0.15) is 0 Å². The molecule has 2 rings (SSSR count). The maximum atomic E-state index is 12.2. The average Bonchev–Trinajstić information content (AvgIpc) is 2.42. The molecule has 1 aliphatic carbocycles. The van der Waals surface area contributed by atoms with Gasteiger partial charge in [0.2, 0.25) is 0 Å². The molecular weight excluding hydrogens is 203 g/mol.